The van der Waals surface area contributed by atoms with Crippen LogP contribution in [0.25, 0.3) is 0 Å². The van der Waals surface area contributed by atoms with Gasteiger partial charge in [-0.25, -0.2) is 8.42 Å². The normalized spacial score (nSPS) is 10.8. The van der Waals surface area contributed by atoms with Crippen LogP contribution in [-0.2, 0) is 14.8 Å². The van der Waals surface area contributed by atoms with Crippen molar-refractivity contribution in [3.8, 4) is 28.7 Å². The van der Waals surface area contributed by atoms with Crippen LogP contribution in [0.15, 0.2) is 65.6 Å². The molecule has 0 aliphatic rings. The van der Waals surface area contributed by atoms with Gasteiger partial charge in [-0.2, -0.15) is 0 Å². The van der Waals surface area contributed by atoms with Crippen LogP contribution in [0.4, 0.5) is 11.4 Å². The highest BCUT2D eigenvalue weighted by atomic mass is 32.2. The lowest BCUT2D eigenvalue weighted by Crippen LogP contribution is -2.38. The summed E-state index contributed by atoms with van der Waals surface area (Å²) in [6, 6.07) is 15.6. The number of nitrogens with one attached hydrogen (secondary N) is 1. The predicted octanol–water partition coefficient (Wildman–Crippen LogP) is 3.56. The van der Waals surface area contributed by atoms with E-state index in [2.05, 4.69) is 5.32 Å². The summed E-state index contributed by atoms with van der Waals surface area (Å²) < 4.78 is 55.2. The van der Waals surface area contributed by atoms with Gasteiger partial charge in [-0.05, 0) is 36.4 Å². The van der Waals surface area contributed by atoms with Gasteiger partial charge in [-0.15, -0.1) is 0 Å². The third-order valence-corrected chi connectivity index (χ3v) is 7.02. The van der Waals surface area contributed by atoms with Crippen LogP contribution in [0.2, 0.25) is 0 Å². The number of carbonyl (C=O) groups is 1. The van der Waals surface area contributed by atoms with Crippen LogP contribution in [-0.4, -0.2) is 56.4 Å². The topological polar surface area (TPSA) is 113 Å². The molecule has 0 spiro atoms. The highest BCUT2D eigenvalue weighted by Crippen LogP contribution is 2.37. The van der Waals surface area contributed by atoms with Gasteiger partial charge in [0.2, 0.25) is 5.91 Å². The largest absolute Gasteiger partial charge is 0.497 e. The molecule has 0 heterocycles. The lowest BCUT2D eigenvalue weighted by molar-refractivity contribution is -0.114. The lowest BCUT2D eigenvalue weighted by Gasteiger charge is -2.26. The van der Waals surface area contributed by atoms with E-state index in [9.17, 15) is 13.2 Å². The van der Waals surface area contributed by atoms with Crippen LogP contribution in [0.3, 0.4) is 0 Å². The molecule has 0 unspecified atom stereocenters. The van der Waals surface area contributed by atoms with Gasteiger partial charge in [0.15, 0.2) is 11.5 Å². The molecule has 3 aromatic rings. The van der Waals surface area contributed by atoms with Crippen molar-refractivity contribution >= 4 is 27.3 Å². The van der Waals surface area contributed by atoms with E-state index < -0.39 is 22.5 Å². The van der Waals surface area contributed by atoms with E-state index >= 15 is 0 Å². The number of para-hydroxylation sites is 2. The SMILES string of the molecule is COc1ccc(OC)c(N(CC(=O)Nc2ccccc2OC)S(=O)(=O)c2ccc(OC)c(OC)c2)c1. The van der Waals surface area contributed by atoms with Gasteiger partial charge in [-0.1, -0.05) is 12.1 Å². The highest BCUT2D eigenvalue weighted by molar-refractivity contribution is 7.92. The number of carbonyl (C=O) groups excluding carboxylic acids is 1. The van der Waals surface area contributed by atoms with Gasteiger partial charge < -0.3 is 29.0 Å². The smallest absolute Gasteiger partial charge is 0.265 e. The van der Waals surface area contributed by atoms with Crippen molar-refractivity contribution in [1.82, 2.24) is 0 Å². The zero-order chi connectivity index (χ0) is 26.3. The third kappa shape index (κ3) is 5.57. The Morgan fingerprint density at radius 3 is 2.03 bits per heavy atom. The van der Waals surface area contributed by atoms with Crippen LogP contribution >= 0.6 is 0 Å². The first-order valence-corrected chi connectivity index (χ1v) is 12.1. The van der Waals surface area contributed by atoms with E-state index in [-0.39, 0.29) is 22.1 Å². The second-order valence-corrected chi connectivity index (χ2v) is 9.18. The molecule has 10 nitrogen and oxygen atoms in total. The number of rotatable bonds is 11. The summed E-state index contributed by atoms with van der Waals surface area (Å²) >= 11 is 0. The molecular weight excluding hydrogens is 488 g/mol. The quantitative estimate of drug-likeness (QED) is 0.412. The average Bonchev–Trinajstić information content (AvgIpc) is 2.91. The minimum atomic E-state index is -4.30. The van der Waals surface area contributed by atoms with E-state index in [1.54, 1.807) is 36.4 Å². The summed E-state index contributed by atoms with van der Waals surface area (Å²) in [4.78, 5) is 13.0. The number of amides is 1. The Labute approximate surface area is 210 Å². The third-order valence-electron chi connectivity index (χ3n) is 5.27. The zero-order valence-electron chi connectivity index (χ0n) is 20.6. The molecule has 0 atom stereocenters. The number of anilines is 2. The Morgan fingerprint density at radius 1 is 0.750 bits per heavy atom. The van der Waals surface area contributed by atoms with Gasteiger partial charge in [0.05, 0.1) is 51.8 Å². The summed E-state index contributed by atoms with van der Waals surface area (Å²) in [5.41, 5.74) is 0.507. The molecule has 0 aliphatic heterocycles. The molecular formula is C25H28N2O8S. The first-order valence-electron chi connectivity index (χ1n) is 10.7. The van der Waals surface area contributed by atoms with E-state index in [1.807, 2.05) is 0 Å². The maximum atomic E-state index is 13.9. The minimum absolute atomic E-state index is 0.113. The Kier molecular flexibility index (Phi) is 8.49. The van der Waals surface area contributed by atoms with Crippen molar-refractivity contribution < 1.29 is 36.9 Å². The fourth-order valence-corrected chi connectivity index (χ4v) is 4.90. The molecule has 0 saturated heterocycles. The second kappa shape index (κ2) is 11.5. The molecule has 11 heteroatoms. The number of sulfonamides is 1. The average molecular weight is 517 g/mol. The van der Waals surface area contributed by atoms with Crippen molar-refractivity contribution in [2.75, 3.05) is 51.7 Å². The Morgan fingerprint density at radius 2 is 1.39 bits per heavy atom. The predicted molar refractivity (Wildman–Crippen MR) is 135 cm³/mol. The molecule has 1 amide bonds. The maximum absolute atomic E-state index is 13.9. The molecule has 0 radical (unpaired) electrons. The zero-order valence-corrected chi connectivity index (χ0v) is 21.4. The number of nitrogens with zero attached hydrogens (tertiary/aromatic N) is 1. The van der Waals surface area contributed by atoms with E-state index in [1.165, 1.54) is 59.8 Å². The summed E-state index contributed by atoms with van der Waals surface area (Å²) in [7, 11) is 2.87. The number of methoxy groups -OCH3 is 5. The van der Waals surface area contributed by atoms with Crippen molar-refractivity contribution in [1.29, 1.82) is 0 Å². The van der Waals surface area contributed by atoms with Crippen LogP contribution in [0.1, 0.15) is 0 Å². The molecule has 3 aromatic carbocycles. The Balaban J connectivity index is 2.11. The van der Waals surface area contributed by atoms with Crippen molar-refractivity contribution in [3.05, 3.63) is 60.7 Å². The maximum Gasteiger partial charge on any atom is 0.265 e. The monoisotopic (exact) mass is 516 g/mol. The molecule has 3 rings (SSSR count). The molecule has 0 saturated carbocycles. The van der Waals surface area contributed by atoms with Crippen LogP contribution in [0.5, 0.6) is 28.7 Å². The summed E-state index contributed by atoms with van der Waals surface area (Å²) in [6.45, 7) is -0.571. The lowest BCUT2D eigenvalue weighted by atomic mass is 10.2. The molecule has 192 valence electrons. The molecule has 1 N–H and O–H groups in total. The number of hydrogen-bond acceptors (Lipinski definition) is 8. The van der Waals surface area contributed by atoms with E-state index in [4.69, 9.17) is 23.7 Å². The summed E-state index contributed by atoms with van der Waals surface area (Å²) in [6.07, 6.45) is 0. The number of hydrogen-bond donors (Lipinski definition) is 1. The van der Waals surface area contributed by atoms with E-state index in [0.717, 1.165) is 4.31 Å². The van der Waals surface area contributed by atoms with Gasteiger partial charge >= 0.3 is 0 Å². The molecule has 0 bridgehead atoms. The van der Waals surface area contributed by atoms with Gasteiger partial charge in [-0.3, -0.25) is 9.10 Å². The van der Waals surface area contributed by atoms with Gasteiger partial charge in [0, 0.05) is 12.1 Å². The van der Waals surface area contributed by atoms with Crippen LogP contribution < -0.4 is 33.3 Å². The molecule has 0 fully saturated rings. The molecule has 0 aromatic heterocycles. The molecule has 36 heavy (non-hydrogen) atoms. The van der Waals surface area contributed by atoms with Crippen LogP contribution in [0, 0.1) is 0 Å². The molecule has 0 aliphatic carbocycles. The summed E-state index contributed by atoms with van der Waals surface area (Å²) in [5.74, 6) is 1.01. The van der Waals surface area contributed by atoms with Crippen molar-refractivity contribution in [2.24, 2.45) is 0 Å². The van der Waals surface area contributed by atoms with Gasteiger partial charge in [0.1, 0.15) is 23.8 Å². The fraction of sp³-hybridized carbons (Fsp3) is 0.240. The van der Waals surface area contributed by atoms with Crippen molar-refractivity contribution in [2.45, 2.75) is 4.90 Å². The number of ether oxygens (including phenoxy) is 5. The summed E-state index contributed by atoms with van der Waals surface area (Å²) in [5, 5.41) is 2.71. The Bertz CT molecular complexity index is 1330. The first kappa shape index (κ1) is 26.5. The fourth-order valence-electron chi connectivity index (χ4n) is 3.46. The standard InChI is InChI=1S/C25H28N2O8S/c1-31-17-10-12-22(33-3)20(14-17)27(16-25(28)26-19-8-6-7-9-21(19)32-2)36(29,30)18-11-13-23(34-4)24(15-18)35-5/h6-15H,16H2,1-5H3,(H,26,28). The minimum Gasteiger partial charge on any atom is -0.497 e. The van der Waals surface area contributed by atoms with Gasteiger partial charge in [0.25, 0.3) is 10.0 Å². The Hall–Kier alpha value is -4.12. The van der Waals surface area contributed by atoms with E-state index in [0.29, 0.717) is 22.9 Å². The first-order chi connectivity index (χ1) is 17.3. The second-order valence-electron chi connectivity index (χ2n) is 7.31. The highest BCUT2D eigenvalue weighted by Gasteiger charge is 2.31. The van der Waals surface area contributed by atoms with Crippen molar-refractivity contribution in [3.63, 3.8) is 0 Å². The number of benzene rings is 3.